The maximum atomic E-state index is 12.1. The third-order valence-corrected chi connectivity index (χ3v) is 7.03. The highest BCUT2D eigenvalue weighted by Crippen LogP contribution is 2.42. The number of aliphatic hydroxyl groups is 1. The number of benzene rings is 3. The van der Waals surface area contributed by atoms with E-state index in [1.54, 1.807) is 0 Å². The Morgan fingerprint density at radius 2 is 1.41 bits per heavy atom. The minimum Gasteiger partial charge on any atom is -0.458 e. The van der Waals surface area contributed by atoms with Crippen molar-refractivity contribution in [1.82, 2.24) is 4.90 Å². The molecule has 1 N–H and O–H groups in total. The van der Waals surface area contributed by atoms with E-state index in [9.17, 15) is 9.90 Å². The van der Waals surface area contributed by atoms with Crippen molar-refractivity contribution in [2.24, 2.45) is 5.92 Å². The van der Waals surface area contributed by atoms with Crippen molar-refractivity contribution < 1.29 is 14.6 Å². The Morgan fingerprint density at radius 1 is 0.912 bits per heavy atom. The van der Waals surface area contributed by atoms with Gasteiger partial charge in [0.25, 0.3) is 0 Å². The predicted octanol–water partition coefficient (Wildman–Crippen LogP) is 5.72. The third-order valence-electron chi connectivity index (χ3n) is 7.03. The van der Waals surface area contributed by atoms with Crippen molar-refractivity contribution in [2.75, 3.05) is 19.6 Å². The number of esters is 1. The molecule has 0 aliphatic carbocycles. The Morgan fingerprint density at radius 3 is 1.91 bits per heavy atom. The molecule has 0 aromatic heterocycles. The Balaban J connectivity index is 1.37. The molecule has 4 nitrogen and oxygen atoms in total. The van der Waals surface area contributed by atoms with E-state index in [1.165, 1.54) is 6.92 Å². The molecular weight excluding hydrogens is 422 g/mol. The lowest BCUT2D eigenvalue weighted by atomic mass is 9.72. The molecule has 0 saturated carbocycles. The maximum Gasteiger partial charge on any atom is 0.303 e. The van der Waals surface area contributed by atoms with Crippen molar-refractivity contribution in [2.45, 2.75) is 44.3 Å². The van der Waals surface area contributed by atoms with Crippen LogP contribution in [0.4, 0.5) is 0 Å². The molecule has 4 rings (SSSR count). The maximum absolute atomic E-state index is 12.1. The average molecular weight is 458 g/mol. The second kappa shape index (κ2) is 11.5. The summed E-state index contributed by atoms with van der Waals surface area (Å²) in [6.45, 7) is 4.35. The molecule has 34 heavy (non-hydrogen) atoms. The fourth-order valence-corrected chi connectivity index (χ4v) is 5.26. The van der Waals surface area contributed by atoms with Gasteiger partial charge in [-0.1, -0.05) is 91.0 Å². The van der Waals surface area contributed by atoms with E-state index in [0.717, 1.165) is 62.0 Å². The monoisotopic (exact) mass is 457 g/mol. The first kappa shape index (κ1) is 24.2. The number of nitrogens with zero attached hydrogens (tertiary/aromatic N) is 1. The molecule has 4 heteroatoms. The van der Waals surface area contributed by atoms with Crippen LogP contribution in [0.5, 0.6) is 0 Å². The average Bonchev–Trinajstić information content (AvgIpc) is 2.89. The second-order valence-corrected chi connectivity index (χ2v) is 9.27. The summed E-state index contributed by atoms with van der Waals surface area (Å²) < 4.78 is 5.60. The van der Waals surface area contributed by atoms with Gasteiger partial charge >= 0.3 is 5.97 Å². The number of rotatable bonds is 9. The molecule has 0 radical (unpaired) electrons. The molecular formula is C30H35NO3. The van der Waals surface area contributed by atoms with Gasteiger partial charge in [0, 0.05) is 6.92 Å². The highest BCUT2D eigenvalue weighted by molar-refractivity contribution is 5.66. The number of carbonyl (C=O) groups excluding carboxylic acids is 1. The largest absolute Gasteiger partial charge is 0.458 e. The SMILES string of the molecule is CC(=O)OC(CCCN1CCC(C(O)(c2ccccc2)c2ccccc2)CC1)c1ccccc1. The fourth-order valence-electron chi connectivity index (χ4n) is 5.26. The van der Waals surface area contributed by atoms with Gasteiger partial charge in [-0.3, -0.25) is 4.79 Å². The molecule has 1 unspecified atom stereocenters. The van der Waals surface area contributed by atoms with Crippen LogP contribution in [0.2, 0.25) is 0 Å². The van der Waals surface area contributed by atoms with Crippen molar-refractivity contribution in [3.05, 3.63) is 108 Å². The molecule has 178 valence electrons. The Labute approximate surface area is 203 Å². The molecule has 1 atom stereocenters. The Bertz CT molecular complexity index is 975. The van der Waals surface area contributed by atoms with Crippen LogP contribution in [0, 0.1) is 5.92 Å². The summed E-state index contributed by atoms with van der Waals surface area (Å²) in [5.74, 6) is -0.0811. The number of likely N-dealkylation sites (tertiary alicyclic amines) is 1. The molecule has 1 fully saturated rings. The zero-order chi connectivity index (χ0) is 23.8. The minimum absolute atomic E-state index is 0.159. The van der Waals surface area contributed by atoms with Gasteiger partial charge in [-0.2, -0.15) is 0 Å². The first-order valence-electron chi connectivity index (χ1n) is 12.4. The molecule has 1 saturated heterocycles. The van der Waals surface area contributed by atoms with Gasteiger partial charge in [0.2, 0.25) is 0 Å². The van der Waals surface area contributed by atoms with Crippen LogP contribution in [0.25, 0.3) is 0 Å². The lowest BCUT2D eigenvalue weighted by Crippen LogP contribution is -2.44. The topological polar surface area (TPSA) is 49.8 Å². The van der Waals surface area contributed by atoms with Gasteiger partial charge < -0.3 is 14.7 Å². The van der Waals surface area contributed by atoms with Crippen molar-refractivity contribution in [3.8, 4) is 0 Å². The lowest BCUT2D eigenvalue weighted by Gasteiger charge is -2.42. The zero-order valence-electron chi connectivity index (χ0n) is 20.0. The van der Waals surface area contributed by atoms with E-state index in [4.69, 9.17) is 4.74 Å². The zero-order valence-corrected chi connectivity index (χ0v) is 20.0. The van der Waals surface area contributed by atoms with E-state index in [0.29, 0.717) is 0 Å². The Kier molecular flexibility index (Phi) is 8.15. The van der Waals surface area contributed by atoms with E-state index < -0.39 is 5.60 Å². The highest BCUT2D eigenvalue weighted by atomic mass is 16.5. The third kappa shape index (κ3) is 5.75. The molecule has 0 bridgehead atoms. The fraction of sp³-hybridized carbons (Fsp3) is 0.367. The number of piperidine rings is 1. The molecule has 1 aliphatic rings. The van der Waals surface area contributed by atoms with E-state index in [-0.39, 0.29) is 18.0 Å². The molecule has 3 aromatic rings. The molecule has 0 amide bonds. The lowest BCUT2D eigenvalue weighted by molar-refractivity contribution is -0.147. The number of ether oxygens (including phenoxy) is 1. The van der Waals surface area contributed by atoms with Crippen LogP contribution in [0.3, 0.4) is 0 Å². The van der Waals surface area contributed by atoms with Crippen molar-refractivity contribution in [3.63, 3.8) is 0 Å². The van der Waals surface area contributed by atoms with Crippen LogP contribution in [-0.4, -0.2) is 35.6 Å². The summed E-state index contributed by atoms with van der Waals surface area (Å²) in [7, 11) is 0. The predicted molar refractivity (Wildman–Crippen MR) is 135 cm³/mol. The summed E-state index contributed by atoms with van der Waals surface area (Å²) in [6, 6.07) is 30.2. The number of hydrogen-bond donors (Lipinski definition) is 1. The van der Waals surface area contributed by atoms with Gasteiger partial charge in [-0.25, -0.2) is 0 Å². The standard InChI is InChI=1S/C30H35NO3/c1-24(32)34-29(25-12-5-2-6-13-25)18-11-21-31-22-19-28(20-23-31)30(33,26-14-7-3-8-15-26)27-16-9-4-10-17-27/h2-10,12-17,28-29,33H,11,18-23H2,1H3. The molecule has 1 aliphatic heterocycles. The summed E-state index contributed by atoms with van der Waals surface area (Å²) in [5.41, 5.74) is 1.99. The molecule has 3 aromatic carbocycles. The first-order chi connectivity index (χ1) is 16.6. The quantitative estimate of drug-likeness (QED) is 0.418. The van der Waals surface area contributed by atoms with Gasteiger partial charge in [-0.05, 0) is 67.9 Å². The number of carbonyl (C=O) groups is 1. The van der Waals surface area contributed by atoms with Gasteiger partial charge in [-0.15, -0.1) is 0 Å². The van der Waals surface area contributed by atoms with E-state index >= 15 is 0 Å². The van der Waals surface area contributed by atoms with Crippen LogP contribution in [0.15, 0.2) is 91.0 Å². The summed E-state index contributed by atoms with van der Waals surface area (Å²) >= 11 is 0. The normalized spacial score (nSPS) is 16.2. The van der Waals surface area contributed by atoms with E-state index in [1.807, 2.05) is 91.0 Å². The molecule has 0 spiro atoms. The smallest absolute Gasteiger partial charge is 0.303 e. The molecule has 1 heterocycles. The van der Waals surface area contributed by atoms with Crippen LogP contribution < -0.4 is 0 Å². The van der Waals surface area contributed by atoms with Crippen molar-refractivity contribution >= 4 is 5.97 Å². The highest BCUT2D eigenvalue weighted by Gasteiger charge is 2.41. The van der Waals surface area contributed by atoms with Crippen LogP contribution in [-0.2, 0) is 15.1 Å². The first-order valence-corrected chi connectivity index (χ1v) is 12.4. The minimum atomic E-state index is -0.984. The number of hydrogen-bond acceptors (Lipinski definition) is 4. The van der Waals surface area contributed by atoms with Gasteiger partial charge in [0.15, 0.2) is 0 Å². The summed E-state index contributed by atoms with van der Waals surface area (Å²) in [5, 5.41) is 12.1. The van der Waals surface area contributed by atoms with Crippen molar-refractivity contribution in [1.29, 1.82) is 0 Å². The van der Waals surface area contributed by atoms with E-state index in [2.05, 4.69) is 4.90 Å². The van der Waals surface area contributed by atoms with Crippen LogP contribution >= 0.6 is 0 Å². The summed E-state index contributed by atoms with van der Waals surface area (Å²) in [6.07, 6.45) is 3.44. The van der Waals surface area contributed by atoms with Crippen LogP contribution in [0.1, 0.15) is 55.4 Å². The van der Waals surface area contributed by atoms with Gasteiger partial charge in [0.05, 0.1) is 0 Å². The summed E-state index contributed by atoms with van der Waals surface area (Å²) in [4.78, 5) is 14.1. The second-order valence-electron chi connectivity index (χ2n) is 9.27. The Hall–Kier alpha value is -2.95. The van der Waals surface area contributed by atoms with Gasteiger partial charge in [0.1, 0.15) is 11.7 Å².